The van der Waals surface area contributed by atoms with E-state index in [1.807, 2.05) is 27.8 Å². The highest BCUT2D eigenvalue weighted by Gasteiger charge is 2.29. The molecule has 1 fully saturated rings. The highest BCUT2D eigenvalue weighted by Crippen LogP contribution is 2.31. The lowest BCUT2D eigenvalue weighted by molar-refractivity contribution is 0.0509. The maximum Gasteiger partial charge on any atom is 0.407 e. The number of rotatable bonds is 2. The number of hydrogen-bond acceptors (Lipinski definition) is 6. The van der Waals surface area contributed by atoms with Crippen LogP contribution >= 0.6 is 15.9 Å². The number of aromatic nitrogens is 4. The van der Waals surface area contributed by atoms with Gasteiger partial charge in [-0.25, -0.2) is 19.4 Å². The molecule has 0 unspecified atom stereocenters. The van der Waals surface area contributed by atoms with Gasteiger partial charge in [-0.05, 0) is 43.1 Å². The molecule has 2 aromatic rings. The average Bonchev–Trinajstić information content (AvgIpc) is 3.02. The van der Waals surface area contributed by atoms with E-state index in [1.165, 1.54) is 0 Å². The summed E-state index contributed by atoms with van der Waals surface area (Å²) in [5, 5.41) is 8.16. The second-order valence-electron chi connectivity index (χ2n) is 6.89. The van der Waals surface area contributed by atoms with Crippen LogP contribution in [0, 0.1) is 0 Å². The Kier molecular flexibility index (Phi) is 4.37. The summed E-state index contributed by atoms with van der Waals surface area (Å²) in [5.41, 5.74) is 0.275. The molecule has 0 spiro atoms. The third-order valence-corrected chi connectivity index (χ3v) is 4.32. The van der Waals surface area contributed by atoms with Crippen LogP contribution in [0.4, 0.5) is 10.6 Å². The zero-order valence-corrected chi connectivity index (χ0v) is 15.8. The van der Waals surface area contributed by atoms with Gasteiger partial charge >= 0.3 is 6.09 Å². The molecule has 0 radical (unpaired) electrons. The summed E-state index contributed by atoms with van der Waals surface area (Å²) in [7, 11) is 1.85. The van der Waals surface area contributed by atoms with Crippen molar-refractivity contribution in [2.24, 2.45) is 7.05 Å². The SMILES string of the molecule is Cn1nc(Br)c2c(N3CC[C@@H](NC(=O)OC(C)(C)C)C3)ncnc21. The zero-order chi connectivity index (χ0) is 17.5. The summed E-state index contributed by atoms with van der Waals surface area (Å²) in [6.07, 6.45) is 1.99. The molecule has 1 atom stereocenters. The quantitative estimate of drug-likeness (QED) is 0.837. The summed E-state index contributed by atoms with van der Waals surface area (Å²) in [6.45, 7) is 7.03. The van der Waals surface area contributed by atoms with E-state index >= 15 is 0 Å². The summed E-state index contributed by atoms with van der Waals surface area (Å²) >= 11 is 3.48. The van der Waals surface area contributed by atoms with Crippen molar-refractivity contribution in [1.82, 2.24) is 25.1 Å². The maximum atomic E-state index is 11.9. The third kappa shape index (κ3) is 3.45. The van der Waals surface area contributed by atoms with Crippen molar-refractivity contribution in [2.45, 2.75) is 38.8 Å². The summed E-state index contributed by atoms with van der Waals surface area (Å²) in [4.78, 5) is 22.8. The number of ether oxygens (including phenoxy) is 1. The number of halogens is 1. The van der Waals surface area contributed by atoms with Gasteiger partial charge in [-0.3, -0.25) is 0 Å². The molecule has 130 valence electrons. The molecule has 9 heteroatoms. The fourth-order valence-electron chi connectivity index (χ4n) is 2.81. The number of nitrogens with zero attached hydrogens (tertiary/aromatic N) is 5. The highest BCUT2D eigenvalue weighted by molar-refractivity contribution is 9.10. The number of carbonyl (C=O) groups is 1. The summed E-state index contributed by atoms with van der Waals surface area (Å²) < 4.78 is 7.76. The van der Waals surface area contributed by atoms with Crippen molar-refractivity contribution in [3.63, 3.8) is 0 Å². The second kappa shape index (κ2) is 6.19. The molecule has 3 heterocycles. The average molecular weight is 397 g/mol. The van der Waals surface area contributed by atoms with E-state index in [-0.39, 0.29) is 12.1 Å². The van der Waals surface area contributed by atoms with E-state index in [1.54, 1.807) is 11.0 Å². The lowest BCUT2D eigenvalue weighted by Gasteiger charge is -2.22. The van der Waals surface area contributed by atoms with E-state index in [0.717, 1.165) is 34.4 Å². The van der Waals surface area contributed by atoms with Crippen molar-refractivity contribution < 1.29 is 9.53 Å². The normalized spacial score (nSPS) is 18.2. The van der Waals surface area contributed by atoms with Gasteiger partial charge in [0.05, 0.1) is 11.4 Å². The molecule has 1 N–H and O–H groups in total. The second-order valence-corrected chi connectivity index (χ2v) is 7.64. The third-order valence-electron chi connectivity index (χ3n) is 3.77. The Balaban J connectivity index is 1.74. The molecule has 24 heavy (non-hydrogen) atoms. The van der Waals surface area contributed by atoms with Gasteiger partial charge in [0, 0.05) is 20.1 Å². The minimum absolute atomic E-state index is 0.0281. The number of carbonyl (C=O) groups excluding carboxylic acids is 1. The lowest BCUT2D eigenvalue weighted by Crippen LogP contribution is -2.40. The van der Waals surface area contributed by atoms with Crippen molar-refractivity contribution in [1.29, 1.82) is 0 Å². The summed E-state index contributed by atoms with van der Waals surface area (Å²) in [6, 6.07) is 0.0281. The van der Waals surface area contributed by atoms with Crippen molar-refractivity contribution in [3.05, 3.63) is 10.9 Å². The topological polar surface area (TPSA) is 85.2 Å². The molecule has 0 bridgehead atoms. The van der Waals surface area contributed by atoms with Gasteiger partial charge in [0.2, 0.25) is 0 Å². The maximum absolute atomic E-state index is 11.9. The van der Waals surface area contributed by atoms with Gasteiger partial charge in [0.1, 0.15) is 22.3 Å². The molecular weight excluding hydrogens is 376 g/mol. The number of hydrogen-bond donors (Lipinski definition) is 1. The van der Waals surface area contributed by atoms with E-state index in [9.17, 15) is 4.79 Å². The van der Waals surface area contributed by atoms with Crippen LogP contribution in [0.15, 0.2) is 10.9 Å². The first-order chi connectivity index (χ1) is 11.2. The van der Waals surface area contributed by atoms with Crippen molar-refractivity contribution in [3.8, 4) is 0 Å². The standard InChI is InChI=1S/C15H21BrN6O2/c1-15(2,3)24-14(23)19-9-5-6-22(7-9)13-10-11(16)20-21(4)12(10)17-8-18-13/h8-9H,5-7H2,1-4H3,(H,19,23)/t9-/m1/s1. The number of aryl methyl sites for hydroxylation is 1. The number of nitrogens with one attached hydrogen (secondary N) is 1. The van der Waals surface area contributed by atoms with Gasteiger partial charge in [0.15, 0.2) is 5.65 Å². The van der Waals surface area contributed by atoms with E-state index < -0.39 is 5.60 Å². The zero-order valence-electron chi connectivity index (χ0n) is 14.2. The van der Waals surface area contributed by atoms with Gasteiger partial charge in [-0.15, -0.1) is 0 Å². The molecule has 8 nitrogen and oxygen atoms in total. The fourth-order valence-corrected chi connectivity index (χ4v) is 3.40. The molecule has 3 rings (SSSR count). The molecule has 1 amide bonds. The van der Waals surface area contributed by atoms with Gasteiger partial charge in [-0.1, -0.05) is 0 Å². The van der Waals surface area contributed by atoms with E-state index in [4.69, 9.17) is 4.74 Å². The number of anilines is 1. The van der Waals surface area contributed by atoms with Crippen LogP contribution in [0.2, 0.25) is 0 Å². The first kappa shape index (κ1) is 16.9. The van der Waals surface area contributed by atoms with Crippen molar-refractivity contribution >= 4 is 38.9 Å². The predicted octanol–water partition coefficient (Wildman–Crippen LogP) is 2.23. The molecule has 1 saturated heterocycles. The van der Waals surface area contributed by atoms with Crippen LogP contribution in [0.1, 0.15) is 27.2 Å². The highest BCUT2D eigenvalue weighted by atomic mass is 79.9. The minimum atomic E-state index is -0.498. The van der Waals surface area contributed by atoms with Gasteiger partial charge in [-0.2, -0.15) is 5.10 Å². The molecule has 2 aromatic heterocycles. The number of fused-ring (bicyclic) bond motifs is 1. The Bertz CT molecular complexity index is 769. The Morgan fingerprint density at radius 3 is 2.88 bits per heavy atom. The Hall–Kier alpha value is -1.90. The predicted molar refractivity (Wildman–Crippen MR) is 94.0 cm³/mol. The minimum Gasteiger partial charge on any atom is -0.444 e. The number of alkyl carbamates (subject to hydrolysis) is 1. The summed E-state index contributed by atoms with van der Waals surface area (Å²) in [5.74, 6) is 0.827. The Morgan fingerprint density at radius 2 is 2.17 bits per heavy atom. The van der Waals surface area contributed by atoms with Gasteiger partial charge < -0.3 is 15.0 Å². The van der Waals surface area contributed by atoms with Crippen LogP contribution in [0.3, 0.4) is 0 Å². The Labute approximate surface area is 148 Å². The van der Waals surface area contributed by atoms with Crippen LogP contribution in [0.5, 0.6) is 0 Å². The first-order valence-electron chi connectivity index (χ1n) is 7.82. The van der Waals surface area contributed by atoms with Crippen LogP contribution < -0.4 is 10.2 Å². The number of amides is 1. The van der Waals surface area contributed by atoms with Crippen LogP contribution in [-0.4, -0.2) is 50.6 Å². The largest absolute Gasteiger partial charge is 0.444 e. The molecule has 0 aromatic carbocycles. The van der Waals surface area contributed by atoms with E-state index in [0.29, 0.717) is 6.54 Å². The Morgan fingerprint density at radius 1 is 1.42 bits per heavy atom. The van der Waals surface area contributed by atoms with Crippen LogP contribution in [-0.2, 0) is 11.8 Å². The molecule has 1 aliphatic heterocycles. The van der Waals surface area contributed by atoms with Crippen LogP contribution in [0.25, 0.3) is 11.0 Å². The monoisotopic (exact) mass is 396 g/mol. The molecular formula is C15H21BrN6O2. The van der Waals surface area contributed by atoms with E-state index in [2.05, 4.69) is 41.2 Å². The first-order valence-corrected chi connectivity index (χ1v) is 8.61. The lowest BCUT2D eigenvalue weighted by atomic mass is 10.2. The molecule has 0 aliphatic carbocycles. The smallest absolute Gasteiger partial charge is 0.407 e. The van der Waals surface area contributed by atoms with Gasteiger partial charge in [0.25, 0.3) is 0 Å². The molecule has 1 aliphatic rings. The molecule has 0 saturated carbocycles. The fraction of sp³-hybridized carbons (Fsp3) is 0.600. The van der Waals surface area contributed by atoms with Crippen molar-refractivity contribution in [2.75, 3.05) is 18.0 Å².